The maximum atomic E-state index is 12.8. The molecule has 1 N–H and O–H groups in total. The second-order valence-corrected chi connectivity index (χ2v) is 9.69. The summed E-state index contributed by atoms with van der Waals surface area (Å²) in [6.07, 6.45) is 0.895. The van der Waals surface area contributed by atoms with Gasteiger partial charge in [0.25, 0.3) is 15.9 Å². The lowest BCUT2D eigenvalue weighted by molar-refractivity contribution is 0.0948. The van der Waals surface area contributed by atoms with E-state index in [-0.39, 0.29) is 10.8 Å². The first-order valence-corrected chi connectivity index (χ1v) is 12.2. The lowest BCUT2D eigenvalue weighted by atomic mass is 10.2. The number of nitrogens with one attached hydrogen (secondary N) is 1. The topological polar surface area (TPSA) is 73.0 Å². The van der Waals surface area contributed by atoms with Crippen LogP contribution >= 0.6 is 0 Å². The van der Waals surface area contributed by atoms with E-state index in [1.807, 2.05) is 6.07 Å². The third-order valence-corrected chi connectivity index (χ3v) is 7.54. The average Bonchev–Trinajstić information content (AvgIpc) is 2.82. The van der Waals surface area contributed by atoms with Crippen molar-refractivity contribution < 1.29 is 13.2 Å². The zero-order valence-corrected chi connectivity index (χ0v) is 19.1. The van der Waals surface area contributed by atoms with Crippen LogP contribution in [-0.2, 0) is 10.0 Å². The Morgan fingerprint density at radius 1 is 0.968 bits per heavy atom. The molecule has 3 rings (SSSR count). The maximum Gasteiger partial charge on any atom is 0.264 e. The highest BCUT2D eigenvalue weighted by Gasteiger charge is 2.21. The fourth-order valence-corrected chi connectivity index (χ4v) is 4.84. The molecule has 0 atom stereocenters. The van der Waals surface area contributed by atoms with Gasteiger partial charge >= 0.3 is 0 Å². The van der Waals surface area contributed by atoms with Crippen LogP contribution in [0.15, 0.2) is 59.5 Å². The molecule has 2 aromatic rings. The van der Waals surface area contributed by atoms with Gasteiger partial charge in [-0.15, -0.1) is 0 Å². The summed E-state index contributed by atoms with van der Waals surface area (Å²) in [7, 11) is -2.16. The monoisotopic (exact) mass is 444 g/mol. The molecule has 1 aliphatic heterocycles. The van der Waals surface area contributed by atoms with Gasteiger partial charge in [-0.3, -0.25) is 9.10 Å². The average molecular weight is 445 g/mol. The molecule has 0 spiro atoms. The summed E-state index contributed by atoms with van der Waals surface area (Å²) in [4.78, 5) is 17.4. The van der Waals surface area contributed by atoms with Crippen molar-refractivity contribution in [1.29, 1.82) is 0 Å². The van der Waals surface area contributed by atoms with E-state index in [0.29, 0.717) is 17.8 Å². The van der Waals surface area contributed by atoms with Gasteiger partial charge < -0.3 is 15.1 Å². The van der Waals surface area contributed by atoms with Gasteiger partial charge in [0, 0.05) is 45.3 Å². The Morgan fingerprint density at radius 3 is 2.19 bits per heavy atom. The molecule has 2 aromatic carbocycles. The molecule has 0 aromatic heterocycles. The number of nitrogens with zero attached hydrogens (tertiary/aromatic N) is 3. The van der Waals surface area contributed by atoms with Crippen molar-refractivity contribution in [3.05, 3.63) is 60.2 Å². The summed E-state index contributed by atoms with van der Waals surface area (Å²) in [5, 5.41) is 2.93. The van der Waals surface area contributed by atoms with E-state index >= 15 is 0 Å². The van der Waals surface area contributed by atoms with Crippen LogP contribution in [0.1, 0.15) is 23.7 Å². The Bertz CT molecular complexity index is 941. The summed E-state index contributed by atoms with van der Waals surface area (Å²) < 4.78 is 26.9. The summed E-state index contributed by atoms with van der Waals surface area (Å²) >= 11 is 0. The van der Waals surface area contributed by atoms with Crippen LogP contribution in [0, 0.1) is 0 Å². The molecule has 0 unspecified atom stereocenters. The second-order valence-electron chi connectivity index (χ2n) is 7.72. The number of carbonyl (C=O) groups excluding carboxylic acids is 1. The van der Waals surface area contributed by atoms with Crippen LogP contribution in [0.3, 0.4) is 0 Å². The predicted molar refractivity (Wildman–Crippen MR) is 124 cm³/mol. The predicted octanol–water partition coefficient (Wildman–Crippen LogP) is 2.27. The summed E-state index contributed by atoms with van der Waals surface area (Å²) in [5.74, 6) is -0.184. The second kappa shape index (κ2) is 10.7. The first-order chi connectivity index (χ1) is 14.9. The highest BCUT2D eigenvalue weighted by molar-refractivity contribution is 7.92. The van der Waals surface area contributed by atoms with Gasteiger partial charge in [-0.2, -0.15) is 0 Å². The van der Waals surface area contributed by atoms with Gasteiger partial charge in [-0.05, 0) is 55.9 Å². The van der Waals surface area contributed by atoms with E-state index in [1.54, 1.807) is 36.4 Å². The number of hydrogen-bond donors (Lipinski definition) is 1. The largest absolute Gasteiger partial charge is 0.352 e. The number of para-hydroxylation sites is 1. The van der Waals surface area contributed by atoms with E-state index in [0.717, 1.165) is 45.7 Å². The van der Waals surface area contributed by atoms with Crippen molar-refractivity contribution in [3.8, 4) is 0 Å². The zero-order chi connectivity index (χ0) is 22.3. The minimum absolute atomic E-state index is 0.154. The van der Waals surface area contributed by atoms with E-state index in [1.165, 1.54) is 23.5 Å². The molecule has 1 fully saturated rings. The third-order valence-electron chi connectivity index (χ3n) is 5.74. The number of carbonyl (C=O) groups is 1. The van der Waals surface area contributed by atoms with E-state index in [2.05, 4.69) is 22.0 Å². The van der Waals surface area contributed by atoms with Crippen LogP contribution in [0.4, 0.5) is 5.69 Å². The summed E-state index contributed by atoms with van der Waals surface area (Å²) in [5.41, 5.74) is 1.04. The van der Waals surface area contributed by atoms with Gasteiger partial charge in [0.2, 0.25) is 0 Å². The SMILES string of the molecule is CCN1CCN(CCCNC(=O)c2ccc(S(=O)(=O)N(C)c3ccccc3)cc2)CC1. The number of sulfonamides is 1. The van der Waals surface area contributed by atoms with Gasteiger partial charge in [0.05, 0.1) is 10.6 Å². The highest BCUT2D eigenvalue weighted by atomic mass is 32.2. The van der Waals surface area contributed by atoms with Gasteiger partial charge in [0.15, 0.2) is 0 Å². The molecule has 0 aliphatic carbocycles. The number of anilines is 1. The first-order valence-electron chi connectivity index (χ1n) is 10.8. The third kappa shape index (κ3) is 6.06. The van der Waals surface area contributed by atoms with Gasteiger partial charge in [0.1, 0.15) is 0 Å². The van der Waals surface area contributed by atoms with E-state index in [9.17, 15) is 13.2 Å². The number of likely N-dealkylation sites (N-methyl/N-ethyl adjacent to an activating group) is 1. The van der Waals surface area contributed by atoms with Crippen molar-refractivity contribution in [2.24, 2.45) is 0 Å². The number of piperazine rings is 1. The standard InChI is InChI=1S/C23H32N4O3S/c1-3-26-16-18-27(19-17-26)15-7-14-24-23(28)20-10-12-22(13-11-20)31(29,30)25(2)21-8-5-4-6-9-21/h4-6,8-13H,3,7,14-19H2,1-2H3,(H,24,28). The lowest BCUT2D eigenvalue weighted by Crippen LogP contribution is -2.46. The molecular formula is C23H32N4O3S. The van der Waals surface area contributed by atoms with Crippen LogP contribution < -0.4 is 9.62 Å². The molecule has 0 radical (unpaired) electrons. The molecule has 168 valence electrons. The normalized spacial score (nSPS) is 15.5. The summed E-state index contributed by atoms with van der Waals surface area (Å²) in [6, 6.07) is 15.0. The van der Waals surface area contributed by atoms with Crippen LogP contribution in [0.5, 0.6) is 0 Å². The van der Waals surface area contributed by atoms with Crippen molar-refractivity contribution >= 4 is 21.6 Å². The molecule has 8 heteroatoms. The van der Waals surface area contributed by atoms with Gasteiger partial charge in [-0.25, -0.2) is 8.42 Å². The molecule has 1 saturated heterocycles. The smallest absolute Gasteiger partial charge is 0.264 e. The van der Waals surface area contributed by atoms with Crippen LogP contribution in [0.2, 0.25) is 0 Å². The van der Waals surface area contributed by atoms with Crippen LogP contribution in [-0.4, -0.2) is 77.0 Å². The molecule has 0 bridgehead atoms. The number of rotatable bonds is 9. The molecule has 31 heavy (non-hydrogen) atoms. The molecule has 1 heterocycles. The Morgan fingerprint density at radius 2 is 1.58 bits per heavy atom. The molecule has 1 amide bonds. The van der Waals surface area contributed by atoms with E-state index in [4.69, 9.17) is 0 Å². The number of hydrogen-bond acceptors (Lipinski definition) is 5. The fraction of sp³-hybridized carbons (Fsp3) is 0.435. The Hall–Kier alpha value is -2.42. The highest BCUT2D eigenvalue weighted by Crippen LogP contribution is 2.21. The maximum absolute atomic E-state index is 12.8. The van der Waals surface area contributed by atoms with Crippen molar-refractivity contribution in [2.75, 3.05) is 57.2 Å². The molecular weight excluding hydrogens is 412 g/mol. The molecule has 0 saturated carbocycles. The molecule has 1 aliphatic rings. The minimum atomic E-state index is -3.68. The van der Waals surface area contributed by atoms with Crippen molar-refractivity contribution in [2.45, 2.75) is 18.2 Å². The first kappa shape index (κ1) is 23.2. The lowest BCUT2D eigenvalue weighted by Gasteiger charge is -2.33. The zero-order valence-electron chi connectivity index (χ0n) is 18.3. The van der Waals surface area contributed by atoms with Crippen molar-refractivity contribution in [1.82, 2.24) is 15.1 Å². The Labute approximate surface area is 185 Å². The molecule has 7 nitrogen and oxygen atoms in total. The number of benzene rings is 2. The van der Waals surface area contributed by atoms with Gasteiger partial charge in [-0.1, -0.05) is 25.1 Å². The quantitative estimate of drug-likeness (QED) is 0.601. The Balaban J connectivity index is 1.48. The van der Waals surface area contributed by atoms with Crippen LogP contribution in [0.25, 0.3) is 0 Å². The minimum Gasteiger partial charge on any atom is -0.352 e. The van der Waals surface area contributed by atoms with E-state index < -0.39 is 10.0 Å². The fourth-order valence-electron chi connectivity index (χ4n) is 3.65. The Kier molecular flexibility index (Phi) is 8.06. The number of amides is 1. The summed E-state index contributed by atoms with van der Waals surface area (Å²) in [6.45, 7) is 9.24. The van der Waals surface area contributed by atoms with Crippen molar-refractivity contribution in [3.63, 3.8) is 0 Å².